The topological polar surface area (TPSA) is 69.6 Å². The van der Waals surface area contributed by atoms with E-state index in [1.165, 1.54) is 5.56 Å². The quantitative estimate of drug-likeness (QED) is 0.892. The van der Waals surface area contributed by atoms with Gasteiger partial charge in [-0.1, -0.05) is 20.8 Å². The van der Waals surface area contributed by atoms with E-state index < -0.39 is 5.97 Å². The van der Waals surface area contributed by atoms with Gasteiger partial charge in [0.2, 0.25) is 0 Å². The van der Waals surface area contributed by atoms with Crippen LogP contribution < -0.4 is 4.90 Å². The fourth-order valence-electron chi connectivity index (χ4n) is 2.84. The molecule has 22 heavy (non-hydrogen) atoms. The van der Waals surface area contributed by atoms with Gasteiger partial charge in [0.25, 0.3) is 0 Å². The van der Waals surface area contributed by atoms with Crippen LogP contribution in [0.5, 0.6) is 0 Å². The largest absolute Gasteiger partial charge is 0.480 e. The molecule has 0 unspecified atom stereocenters. The number of hydrogen-bond acceptors (Lipinski definition) is 5. The number of aliphatic carboxylic acids is 1. The molecule has 2 rings (SSSR count). The minimum absolute atomic E-state index is 0.120. The van der Waals surface area contributed by atoms with Gasteiger partial charge < -0.3 is 10.0 Å². The van der Waals surface area contributed by atoms with Crippen molar-refractivity contribution in [1.82, 2.24) is 14.9 Å². The number of hydrogen-bond donors (Lipinski definition) is 1. The number of carboxylic acids is 1. The monoisotopic (exact) mass is 306 g/mol. The van der Waals surface area contributed by atoms with E-state index >= 15 is 0 Å². The highest BCUT2D eigenvalue weighted by molar-refractivity contribution is 5.69. The van der Waals surface area contributed by atoms with Crippen LogP contribution in [0.25, 0.3) is 0 Å². The van der Waals surface area contributed by atoms with Crippen LogP contribution in [0, 0.1) is 6.92 Å². The van der Waals surface area contributed by atoms with Crippen molar-refractivity contribution in [3.63, 3.8) is 0 Å². The predicted octanol–water partition coefficient (Wildman–Crippen LogP) is 1.68. The van der Waals surface area contributed by atoms with Gasteiger partial charge in [-0.2, -0.15) is 0 Å². The van der Waals surface area contributed by atoms with E-state index in [-0.39, 0.29) is 6.54 Å². The van der Waals surface area contributed by atoms with Crippen LogP contribution in [-0.2, 0) is 11.2 Å². The Balaban J connectivity index is 2.20. The van der Waals surface area contributed by atoms with Gasteiger partial charge in [-0.05, 0) is 13.3 Å². The van der Waals surface area contributed by atoms with Crippen molar-refractivity contribution in [3.05, 3.63) is 17.1 Å². The van der Waals surface area contributed by atoms with Gasteiger partial charge in [-0.25, -0.2) is 9.97 Å². The van der Waals surface area contributed by atoms with E-state index in [9.17, 15) is 4.79 Å². The normalized spacial score (nSPS) is 16.3. The summed E-state index contributed by atoms with van der Waals surface area (Å²) < 4.78 is 0. The number of nitrogens with zero attached hydrogens (tertiary/aromatic N) is 4. The number of rotatable bonds is 5. The van der Waals surface area contributed by atoms with Crippen LogP contribution in [0.3, 0.4) is 0 Å². The zero-order valence-corrected chi connectivity index (χ0v) is 14.0. The van der Waals surface area contributed by atoms with E-state index in [1.54, 1.807) is 0 Å². The summed E-state index contributed by atoms with van der Waals surface area (Å²) in [6.45, 7) is 11.7. The lowest BCUT2D eigenvalue weighted by Gasteiger charge is -2.35. The number of anilines is 1. The van der Waals surface area contributed by atoms with Crippen molar-refractivity contribution in [1.29, 1.82) is 0 Å². The Morgan fingerprint density at radius 1 is 1.23 bits per heavy atom. The van der Waals surface area contributed by atoms with E-state index in [1.807, 2.05) is 4.90 Å². The molecule has 0 amide bonds. The van der Waals surface area contributed by atoms with Gasteiger partial charge in [-0.3, -0.25) is 9.69 Å². The SMILES string of the molecule is CCc1c(C)nc(C(C)C)nc1N1CCN(CC(=O)O)CC1. The highest BCUT2D eigenvalue weighted by Gasteiger charge is 2.23. The van der Waals surface area contributed by atoms with Gasteiger partial charge >= 0.3 is 5.97 Å². The van der Waals surface area contributed by atoms with Crippen molar-refractivity contribution in [2.45, 2.75) is 40.0 Å². The Hall–Kier alpha value is -1.69. The molecule has 1 fully saturated rings. The lowest BCUT2D eigenvalue weighted by Crippen LogP contribution is -2.48. The summed E-state index contributed by atoms with van der Waals surface area (Å²) >= 11 is 0. The Bertz CT molecular complexity index is 537. The summed E-state index contributed by atoms with van der Waals surface area (Å²) in [6, 6.07) is 0. The summed E-state index contributed by atoms with van der Waals surface area (Å²) in [5.74, 6) is 1.46. The molecular weight excluding hydrogens is 280 g/mol. The van der Waals surface area contributed by atoms with Gasteiger partial charge in [0.1, 0.15) is 11.6 Å². The first kappa shape index (κ1) is 16.7. The van der Waals surface area contributed by atoms with Crippen LogP contribution in [-0.4, -0.2) is 58.7 Å². The fourth-order valence-corrected chi connectivity index (χ4v) is 2.84. The van der Waals surface area contributed by atoms with Crippen LogP contribution in [0.4, 0.5) is 5.82 Å². The molecule has 0 saturated carbocycles. The number of carboxylic acid groups (broad SMARTS) is 1. The molecule has 1 aromatic rings. The van der Waals surface area contributed by atoms with Crippen molar-refractivity contribution in [2.75, 3.05) is 37.6 Å². The highest BCUT2D eigenvalue weighted by atomic mass is 16.4. The van der Waals surface area contributed by atoms with E-state index in [2.05, 4.69) is 37.6 Å². The molecular formula is C16H26N4O2. The first-order valence-electron chi connectivity index (χ1n) is 7.98. The van der Waals surface area contributed by atoms with Gasteiger partial charge in [-0.15, -0.1) is 0 Å². The molecule has 1 N–H and O–H groups in total. The molecule has 6 nitrogen and oxygen atoms in total. The van der Waals surface area contributed by atoms with Crippen LogP contribution in [0.1, 0.15) is 43.8 Å². The summed E-state index contributed by atoms with van der Waals surface area (Å²) in [6.07, 6.45) is 0.912. The van der Waals surface area contributed by atoms with Crippen LogP contribution in [0.15, 0.2) is 0 Å². The molecule has 6 heteroatoms. The average Bonchev–Trinajstić information content (AvgIpc) is 2.46. The number of piperazine rings is 1. The van der Waals surface area contributed by atoms with Gasteiger partial charge in [0, 0.05) is 43.4 Å². The van der Waals surface area contributed by atoms with E-state index in [0.29, 0.717) is 5.92 Å². The summed E-state index contributed by atoms with van der Waals surface area (Å²) in [4.78, 5) is 24.5. The van der Waals surface area contributed by atoms with Gasteiger partial charge in [0.15, 0.2) is 0 Å². The molecule has 1 aliphatic heterocycles. The highest BCUT2D eigenvalue weighted by Crippen LogP contribution is 2.25. The molecule has 0 atom stereocenters. The van der Waals surface area contributed by atoms with Crippen molar-refractivity contribution in [3.8, 4) is 0 Å². The molecule has 2 heterocycles. The second-order valence-electron chi connectivity index (χ2n) is 6.13. The summed E-state index contributed by atoms with van der Waals surface area (Å²) in [5.41, 5.74) is 2.26. The zero-order chi connectivity index (χ0) is 16.3. The predicted molar refractivity (Wildman–Crippen MR) is 86.5 cm³/mol. The Kier molecular flexibility index (Phi) is 5.34. The van der Waals surface area contributed by atoms with E-state index in [4.69, 9.17) is 10.1 Å². The molecule has 1 aliphatic rings. The molecule has 0 aromatic carbocycles. The molecule has 0 radical (unpaired) electrons. The molecule has 122 valence electrons. The lowest BCUT2D eigenvalue weighted by atomic mass is 10.1. The number of aryl methyl sites for hydroxylation is 1. The fraction of sp³-hybridized carbons (Fsp3) is 0.688. The minimum Gasteiger partial charge on any atom is -0.480 e. The molecule has 0 aliphatic carbocycles. The zero-order valence-electron chi connectivity index (χ0n) is 14.0. The van der Waals surface area contributed by atoms with Crippen molar-refractivity contribution < 1.29 is 9.90 Å². The maximum Gasteiger partial charge on any atom is 0.317 e. The lowest BCUT2D eigenvalue weighted by molar-refractivity contribution is -0.138. The number of aromatic nitrogens is 2. The molecule has 0 spiro atoms. The molecule has 0 bridgehead atoms. The average molecular weight is 306 g/mol. The summed E-state index contributed by atoms with van der Waals surface area (Å²) in [7, 11) is 0. The first-order valence-corrected chi connectivity index (χ1v) is 7.98. The maximum atomic E-state index is 10.8. The Labute approximate surface area is 132 Å². The Morgan fingerprint density at radius 3 is 2.36 bits per heavy atom. The first-order chi connectivity index (χ1) is 10.4. The smallest absolute Gasteiger partial charge is 0.317 e. The van der Waals surface area contributed by atoms with Crippen molar-refractivity contribution in [2.24, 2.45) is 0 Å². The number of carbonyl (C=O) groups is 1. The Morgan fingerprint density at radius 2 is 1.86 bits per heavy atom. The third-order valence-electron chi connectivity index (χ3n) is 4.11. The van der Waals surface area contributed by atoms with E-state index in [0.717, 1.165) is 49.9 Å². The van der Waals surface area contributed by atoms with Gasteiger partial charge in [0.05, 0.1) is 6.54 Å². The second kappa shape index (κ2) is 7.05. The van der Waals surface area contributed by atoms with Crippen molar-refractivity contribution >= 4 is 11.8 Å². The maximum absolute atomic E-state index is 10.8. The third-order valence-corrected chi connectivity index (χ3v) is 4.11. The van der Waals surface area contributed by atoms with Crippen LogP contribution >= 0.6 is 0 Å². The third kappa shape index (κ3) is 3.74. The summed E-state index contributed by atoms with van der Waals surface area (Å²) in [5, 5.41) is 8.89. The molecule has 1 saturated heterocycles. The van der Waals surface area contributed by atoms with Crippen LogP contribution in [0.2, 0.25) is 0 Å². The second-order valence-corrected chi connectivity index (χ2v) is 6.13. The molecule has 1 aromatic heterocycles. The standard InChI is InChI=1S/C16H26N4O2/c1-5-13-12(4)17-15(11(2)3)18-16(13)20-8-6-19(7-9-20)10-14(21)22/h11H,5-10H2,1-4H3,(H,21,22). The minimum atomic E-state index is -0.761.